The van der Waals surface area contributed by atoms with Gasteiger partial charge in [0.1, 0.15) is 10.3 Å². The van der Waals surface area contributed by atoms with Crippen LogP contribution in [0.5, 0.6) is 0 Å². The van der Waals surface area contributed by atoms with Gasteiger partial charge < -0.3 is 4.52 Å². The minimum absolute atomic E-state index is 0.520. The Bertz CT molecular complexity index is 440. The predicted molar refractivity (Wildman–Crippen MR) is 60.5 cm³/mol. The fourth-order valence-corrected chi connectivity index (χ4v) is 1.62. The van der Waals surface area contributed by atoms with Crippen LogP contribution in [0.15, 0.2) is 27.0 Å². The molecule has 0 saturated carbocycles. The molecule has 0 unspecified atom stereocenters. The van der Waals surface area contributed by atoms with E-state index in [4.69, 9.17) is 27.7 Å². The molecule has 1 aromatic rings. The molecule has 0 bridgehead atoms. The number of aryl methyl sites for hydroxylation is 1. The highest BCUT2D eigenvalue weighted by atomic mass is 35.5. The highest BCUT2D eigenvalue weighted by Crippen LogP contribution is 2.16. The Morgan fingerprint density at radius 1 is 1.44 bits per heavy atom. The van der Waals surface area contributed by atoms with Crippen LogP contribution in [-0.2, 0) is 6.42 Å². The van der Waals surface area contributed by atoms with Crippen LogP contribution in [0, 0.1) is 6.92 Å². The first-order valence-corrected chi connectivity index (χ1v) is 5.47. The van der Waals surface area contributed by atoms with Crippen molar-refractivity contribution in [2.75, 3.05) is 6.54 Å². The summed E-state index contributed by atoms with van der Waals surface area (Å²) < 4.78 is 4.99. The number of hydrogen-bond donors (Lipinski definition) is 1. The maximum atomic E-state index is 5.97. The Balaban J connectivity index is 1.92. The summed E-state index contributed by atoms with van der Waals surface area (Å²) in [6.07, 6.45) is 4.01. The van der Waals surface area contributed by atoms with E-state index in [-0.39, 0.29) is 0 Å². The summed E-state index contributed by atoms with van der Waals surface area (Å²) in [5.41, 5.74) is 2.91. The molecule has 1 N–H and O–H groups in total. The number of hydrazine groups is 1. The summed E-state index contributed by atoms with van der Waals surface area (Å²) in [7, 11) is 0. The predicted octanol–water partition coefficient (Wildman–Crippen LogP) is 1.90. The fraction of sp³-hybridized carbons (Fsp3) is 0.333. The van der Waals surface area contributed by atoms with Crippen molar-refractivity contribution in [2.24, 2.45) is 0 Å². The lowest BCUT2D eigenvalue weighted by Crippen LogP contribution is -2.37. The normalized spacial score (nSPS) is 15.6. The van der Waals surface area contributed by atoms with Crippen molar-refractivity contribution in [2.45, 2.75) is 13.3 Å². The summed E-state index contributed by atoms with van der Waals surface area (Å²) in [5, 5.41) is 6.51. The van der Waals surface area contributed by atoms with Gasteiger partial charge in [-0.1, -0.05) is 28.4 Å². The smallest absolute Gasteiger partial charge is 0.228 e. The average molecular weight is 261 g/mol. The van der Waals surface area contributed by atoms with E-state index in [1.165, 1.54) is 0 Å². The zero-order valence-electron chi connectivity index (χ0n) is 8.57. The van der Waals surface area contributed by atoms with E-state index in [1.54, 1.807) is 24.1 Å². The number of halogens is 2. The summed E-state index contributed by atoms with van der Waals surface area (Å²) in [6, 6.07) is 0. The number of aromatic nitrogens is 2. The summed E-state index contributed by atoms with van der Waals surface area (Å²) >= 11 is 11.8. The van der Waals surface area contributed by atoms with Crippen molar-refractivity contribution < 1.29 is 4.52 Å². The molecule has 0 radical (unpaired) electrons. The average Bonchev–Trinajstić information content (AvgIpc) is 2.66. The molecule has 0 aliphatic carbocycles. The molecule has 86 valence electrons. The lowest BCUT2D eigenvalue weighted by molar-refractivity contribution is 0.281. The zero-order chi connectivity index (χ0) is 11.5. The van der Waals surface area contributed by atoms with Gasteiger partial charge in [0.25, 0.3) is 0 Å². The molecular formula is C9H10Cl2N4O. The van der Waals surface area contributed by atoms with E-state index in [1.807, 2.05) is 0 Å². The zero-order valence-corrected chi connectivity index (χ0v) is 10.1. The van der Waals surface area contributed by atoms with E-state index < -0.39 is 0 Å². The molecule has 2 heterocycles. The minimum atomic E-state index is 0.520. The van der Waals surface area contributed by atoms with Crippen LogP contribution in [0.25, 0.3) is 0 Å². The molecule has 0 fully saturated rings. The number of rotatable bonds is 3. The second kappa shape index (κ2) is 4.76. The highest BCUT2D eigenvalue weighted by molar-refractivity contribution is 6.31. The Labute approximate surface area is 103 Å². The van der Waals surface area contributed by atoms with E-state index in [0.717, 1.165) is 0 Å². The largest absolute Gasteiger partial charge is 0.339 e. The molecule has 16 heavy (non-hydrogen) atoms. The van der Waals surface area contributed by atoms with Crippen molar-refractivity contribution in [3.8, 4) is 0 Å². The van der Waals surface area contributed by atoms with Gasteiger partial charge >= 0.3 is 0 Å². The van der Waals surface area contributed by atoms with Gasteiger partial charge in [-0.3, -0.25) is 10.4 Å². The second-order valence-electron chi connectivity index (χ2n) is 3.25. The van der Waals surface area contributed by atoms with Gasteiger partial charge in [0.15, 0.2) is 5.82 Å². The lowest BCUT2D eigenvalue weighted by Gasteiger charge is -2.26. The van der Waals surface area contributed by atoms with Crippen molar-refractivity contribution in [1.82, 2.24) is 20.6 Å². The quantitative estimate of drug-likeness (QED) is 0.842. The third kappa shape index (κ3) is 2.68. The molecule has 0 saturated heterocycles. The number of hydrogen-bond acceptors (Lipinski definition) is 5. The number of allylic oxidation sites excluding steroid dienone is 2. The summed E-state index contributed by atoms with van der Waals surface area (Å²) in [5.74, 6) is 1.20. The first-order valence-electron chi connectivity index (χ1n) is 4.71. The fourth-order valence-electron chi connectivity index (χ4n) is 1.26. The first-order chi connectivity index (χ1) is 7.65. The molecule has 5 nitrogen and oxygen atoms in total. The second-order valence-corrected chi connectivity index (χ2v) is 4.05. The van der Waals surface area contributed by atoms with Crippen LogP contribution in [0.4, 0.5) is 0 Å². The molecule has 0 spiro atoms. The molecule has 1 aliphatic heterocycles. The molecule has 1 aliphatic rings. The number of nitrogens with one attached hydrogen (secondary N) is 1. The van der Waals surface area contributed by atoms with E-state index >= 15 is 0 Å². The van der Waals surface area contributed by atoms with E-state index in [9.17, 15) is 0 Å². The Morgan fingerprint density at radius 3 is 2.94 bits per heavy atom. The van der Waals surface area contributed by atoms with Gasteiger partial charge in [-0.05, 0) is 19.1 Å². The maximum Gasteiger partial charge on any atom is 0.228 e. The van der Waals surface area contributed by atoms with Crippen molar-refractivity contribution in [3.05, 3.63) is 34.2 Å². The Morgan fingerprint density at radius 2 is 2.25 bits per heavy atom. The maximum absolute atomic E-state index is 5.97. The van der Waals surface area contributed by atoms with E-state index in [2.05, 4.69) is 15.6 Å². The van der Waals surface area contributed by atoms with Gasteiger partial charge in [0, 0.05) is 13.0 Å². The van der Waals surface area contributed by atoms with Gasteiger partial charge in [0.05, 0.1) is 0 Å². The van der Waals surface area contributed by atoms with Crippen LogP contribution in [-0.4, -0.2) is 21.7 Å². The highest BCUT2D eigenvalue weighted by Gasteiger charge is 2.13. The third-order valence-electron chi connectivity index (χ3n) is 1.99. The van der Waals surface area contributed by atoms with Crippen molar-refractivity contribution in [1.29, 1.82) is 0 Å². The molecule has 0 amide bonds. The molecular weight excluding hydrogens is 251 g/mol. The monoisotopic (exact) mass is 260 g/mol. The summed E-state index contributed by atoms with van der Waals surface area (Å²) in [4.78, 5) is 4.10. The Kier molecular flexibility index (Phi) is 3.36. The molecule has 1 aromatic heterocycles. The van der Waals surface area contributed by atoms with Crippen LogP contribution in [0.1, 0.15) is 11.7 Å². The van der Waals surface area contributed by atoms with Crippen LogP contribution in [0.3, 0.4) is 0 Å². The standard InChI is InChI=1S/C9H10Cl2N4O/c1-6-12-9(16-14-6)4-5-15-8(11)3-2-7(10)13-15/h2-3,13H,4-5H2,1H3. The van der Waals surface area contributed by atoms with E-state index in [0.29, 0.717) is 35.0 Å². The minimum Gasteiger partial charge on any atom is -0.339 e. The van der Waals surface area contributed by atoms with Gasteiger partial charge in [-0.25, -0.2) is 0 Å². The third-order valence-corrected chi connectivity index (χ3v) is 2.53. The Hall–Kier alpha value is -1.20. The molecule has 0 atom stereocenters. The van der Waals surface area contributed by atoms with Gasteiger partial charge in [0.2, 0.25) is 5.89 Å². The van der Waals surface area contributed by atoms with Gasteiger partial charge in [-0.2, -0.15) is 4.98 Å². The summed E-state index contributed by atoms with van der Waals surface area (Å²) in [6.45, 7) is 2.37. The topological polar surface area (TPSA) is 54.2 Å². The van der Waals surface area contributed by atoms with Crippen molar-refractivity contribution >= 4 is 23.2 Å². The number of nitrogens with zero attached hydrogens (tertiary/aromatic N) is 3. The van der Waals surface area contributed by atoms with Crippen LogP contribution in [0.2, 0.25) is 0 Å². The molecule has 7 heteroatoms. The van der Waals surface area contributed by atoms with Crippen molar-refractivity contribution in [3.63, 3.8) is 0 Å². The SMILES string of the molecule is Cc1noc(CCN2NC(Cl)=CC=C2Cl)n1. The molecule has 0 aromatic carbocycles. The van der Waals surface area contributed by atoms with Crippen LogP contribution < -0.4 is 5.43 Å². The van der Waals surface area contributed by atoms with Gasteiger partial charge in [-0.15, -0.1) is 0 Å². The first kappa shape index (κ1) is 11.3. The molecule has 2 rings (SSSR count). The van der Waals surface area contributed by atoms with Crippen LogP contribution >= 0.6 is 23.2 Å². The lowest BCUT2D eigenvalue weighted by atomic mass is 10.4.